The fourth-order valence-corrected chi connectivity index (χ4v) is 0. The lowest BCUT2D eigenvalue weighted by molar-refractivity contribution is 0.306. The highest BCUT2D eigenvalue weighted by atomic mass is 32.1. The number of halogens is 1. The molecule has 2 heteroatoms. The zero-order chi connectivity index (χ0) is 6.08. The summed E-state index contributed by atoms with van der Waals surface area (Å²) in [4.78, 5) is 0. The molecular weight excluding hydrogens is 111 g/mol. The SMILES string of the molecule is C[C@@H](F)C(C)(C)S. The molecule has 0 saturated carbocycles. The van der Waals surface area contributed by atoms with Gasteiger partial charge in [-0.2, -0.15) is 12.6 Å². The Bertz CT molecular complexity index is 53.6. The van der Waals surface area contributed by atoms with Crippen LogP contribution >= 0.6 is 12.6 Å². The molecule has 0 aromatic carbocycles. The van der Waals surface area contributed by atoms with Crippen molar-refractivity contribution < 1.29 is 4.39 Å². The summed E-state index contributed by atoms with van der Waals surface area (Å²) in [7, 11) is 0. The zero-order valence-electron chi connectivity index (χ0n) is 4.90. The van der Waals surface area contributed by atoms with E-state index in [0.29, 0.717) is 0 Å². The lowest BCUT2D eigenvalue weighted by Gasteiger charge is -2.17. The minimum atomic E-state index is -0.837. The molecule has 7 heavy (non-hydrogen) atoms. The van der Waals surface area contributed by atoms with Gasteiger partial charge in [0, 0.05) is 4.75 Å². The van der Waals surface area contributed by atoms with Gasteiger partial charge in [0.05, 0.1) is 0 Å². The Kier molecular flexibility index (Phi) is 2.11. The van der Waals surface area contributed by atoms with Gasteiger partial charge in [-0.1, -0.05) is 0 Å². The summed E-state index contributed by atoms with van der Waals surface area (Å²) in [5, 5.41) is 0. The van der Waals surface area contributed by atoms with Gasteiger partial charge in [-0.15, -0.1) is 0 Å². The quantitative estimate of drug-likeness (QED) is 0.506. The van der Waals surface area contributed by atoms with Crippen LogP contribution in [-0.4, -0.2) is 10.9 Å². The number of rotatable bonds is 1. The first kappa shape index (κ1) is 7.28. The summed E-state index contributed by atoms with van der Waals surface area (Å²) in [6, 6.07) is 0. The standard InChI is InChI=1S/C5H11FS/c1-4(6)5(2,3)7/h4,7H,1-3H3/t4-/m1/s1. The van der Waals surface area contributed by atoms with Crippen LogP contribution in [0.1, 0.15) is 20.8 Å². The highest BCUT2D eigenvalue weighted by Crippen LogP contribution is 2.18. The van der Waals surface area contributed by atoms with Crippen molar-refractivity contribution >= 4 is 12.6 Å². The molecule has 0 saturated heterocycles. The van der Waals surface area contributed by atoms with E-state index in [2.05, 4.69) is 12.6 Å². The van der Waals surface area contributed by atoms with Crippen LogP contribution < -0.4 is 0 Å². The molecule has 0 aliphatic rings. The normalized spacial score (nSPS) is 16.7. The van der Waals surface area contributed by atoms with Crippen molar-refractivity contribution in [2.75, 3.05) is 0 Å². The van der Waals surface area contributed by atoms with Crippen LogP contribution in [0.2, 0.25) is 0 Å². The molecule has 0 aromatic heterocycles. The molecule has 0 heterocycles. The van der Waals surface area contributed by atoms with Gasteiger partial charge in [-0.05, 0) is 20.8 Å². The highest BCUT2D eigenvalue weighted by Gasteiger charge is 2.19. The second kappa shape index (κ2) is 2.03. The summed E-state index contributed by atoms with van der Waals surface area (Å²) in [5.74, 6) is 0. The molecular formula is C5H11FS. The van der Waals surface area contributed by atoms with E-state index in [1.54, 1.807) is 13.8 Å². The minimum Gasteiger partial charge on any atom is -0.246 e. The molecule has 0 amide bonds. The third kappa shape index (κ3) is 2.92. The van der Waals surface area contributed by atoms with Crippen LogP contribution in [-0.2, 0) is 0 Å². The minimum absolute atomic E-state index is 0.472. The number of thiol groups is 1. The van der Waals surface area contributed by atoms with Crippen molar-refractivity contribution in [2.24, 2.45) is 0 Å². The van der Waals surface area contributed by atoms with E-state index in [1.807, 2.05) is 0 Å². The molecule has 1 atom stereocenters. The van der Waals surface area contributed by atoms with Gasteiger partial charge in [-0.25, -0.2) is 4.39 Å². The Labute approximate surface area is 49.5 Å². The zero-order valence-corrected chi connectivity index (χ0v) is 5.80. The van der Waals surface area contributed by atoms with Crippen LogP contribution in [0, 0.1) is 0 Å². The third-order valence-corrected chi connectivity index (χ3v) is 1.33. The van der Waals surface area contributed by atoms with E-state index < -0.39 is 10.9 Å². The first-order chi connectivity index (χ1) is 2.94. The van der Waals surface area contributed by atoms with Crippen LogP contribution in [0.5, 0.6) is 0 Å². The van der Waals surface area contributed by atoms with Crippen molar-refractivity contribution in [3.8, 4) is 0 Å². The average Bonchev–Trinajstić information content (AvgIpc) is 1.31. The highest BCUT2D eigenvalue weighted by molar-refractivity contribution is 7.81. The fourth-order valence-electron chi connectivity index (χ4n) is 0. The van der Waals surface area contributed by atoms with Crippen LogP contribution in [0.25, 0.3) is 0 Å². The number of hydrogen-bond acceptors (Lipinski definition) is 1. The molecule has 0 bridgehead atoms. The van der Waals surface area contributed by atoms with Gasteiger partial charge in [0.25, 0.3) is 0 Å². The van der Waals surface area contributed by atoms with Crippen molar-refractivity contribution in [2.45, 2.75) is 31.7 Å². The fraction of sp³-hybridized carbons (Fsp3) is 1.00. The second-order valence-corrected chi connectivity index (χ2v) is 3.42. The van der Waals surface area contributed by atoms with Crippen LogP contribution in [0.3, 0.4) is 0 Å². The molecule has 0 unspecified atom stereocenters. The van der Waals surface area contributed by atoms with Gasteiger partial charge >= 0.3 is 0 Å². The number of hydrogen-bond donors (Lipinski definition) is 1. The van der Waals surface area contributed by atoms with E-state index in [0.717, 1.165) is 0 Å². The van der Waals surface area contributed by atoms with Crippen LogP contribution in [0.15, 0.2) is 0 Å². The maximum atomic E-state index is 12.1. The van der Waals surface area contributed by atoms with Crippen molar-refractivity contribution in [3.63, 3.8) is 0 Å². The molecule has 0 aromatic rings. The Hall–Kier alpha value is 0.280. The molecule has 0 spiro atoms. The Morgan fingerprint density at radius 3 is 1.71 bits per heavy atom. The summed E-state index contributed by atoms with van der Waals surface area (Å²) in [6.07, 6.45) is -0.837. The summed E-state index contributed by atoms with van der Waals surface area (Å²) in [6.45, 7) is 5.01. The molecule has 0 nitrogen and oxygen atoms in total. The first-order valence-electron chi connectivity index (χ1n) is 2.31. The van der Waals surface area contributed by atoms with Gasteiger partial charge in [0.2, 0.25) is 0 Å². The average molecular weight is 122 g/mol. The first-order valence-corrected chi connectivity index (χ1v) is 2.76. The summed E-state index contributed by atoms with van der Waals surface area (Å²) >= 11 is 3.97. The van der Waals surface area contributed by atoms with Crippen molar-refractivity contribution in [1.29, 1.82) is 0 Å². The maximum Gasteiger partial charge on any atom is 0.111 e. The van der Waals surface area contributed by atoms with Crippen LogP contribution in [0.4, 0.5) is 4.39 Å². The monoisotopic (exact) mass is 122 g/mol. The predicted octanol–water partition coefficient (Wildman–Crippen LogP) is 2.05. The van der Waals surface area contributed by atoms with E-state index >= 15 is 0 Å². The molecule has 0 rings (SSSR count). The predicted molar refractivity (Wildman–Crippen MR) is 33.6 cm³/mol. The molecule has 0 radical (unpaired) electrons. The summed E-state index contributed by atoms with van der Waals surface area (Å²) < 4.78 is 11.7. The summed E-state index contributed by atoms with van der Waals surface area (Å²) in [5.41, 5.74) is 0. The topological polar surface area (TPSA) is 0 Å². The van der Waals surface area contributed by atoms with Gasteiger partial charge < -0.3 is 0 Å². The maximum absolute atomic E-state index is 12.1. The lowest BCUT2D eigenvalue weighted by atomic mass is 10.1. The Morgan fingerprint density at radius 1 is 1.57 bits per heavy atom. The molecule has 0 N–H and O–H groups in total. The third-order valence-electron chi connectivity index (χ3n) is 0.973. The van der Waals surface area contributed by atoms with Crippen molar-refractivity contribution in [3.05, 3.63) is 0 Å². The lowest BCUT2D eigenvalue weighted by Crippen LogP contribution is -2.22. The number of alkyl halides is 1. The van der Waals surface area contributed by atoms with Gasteiger partial charge in [-0.3, -0.25) is 0 Å². The largest absolute Gasteiger partial charge is 0.246 e. The molecule has 0 fully saturated rings. The van der Waals surface area contributed by atoms with Crippen molar-refractivity contribution in [1.82, 2.24) is 0 Å². The molecule has 44 valence electrons. The molecule has 0 aliphatic carbocycles. The van der Waals surface area contributed by atoms with E-state index in [4.69, 9.17) is 0 Å². The molecule has 0 aliphatic heterocycles. The Balaban J connectivity index is 3.54. The van der Waals surface area contributed by atoms with E-state index in [9.17, 15) is 4.39 Å². The van der Waals surface area contributed by atoms with E-state index in [1.165, 1.54) is 6.92 Å². The van der Waals surface area contributed by atoms with Gasteiger partial charge in [0.1, 0.15) is 6.17 Å². The van der Waals surface area contributed by atoms with Gasteiger partial charge in [0.15, 0.2) is 0 Å². The Morgan fingerprint density at radius 2 is 1.71 bits per heavy atom. The van der Waals surface area contributed by atoms with E-state index in [-0.39, 0.29) is 0 Å². The smallest absolute Gasteiger partial charge is 0.111 e. The second-order valence-electron chi connectivity index (χ2n) is 2.27.